The Morgan fingerprint density at radius 1 is 1.56 bits per heavy atom. The van der Waals surface area contributed by atoms with Crippen molar-refractivity contribution in [1.82, 2.24) is 0 Å². The number of halogens is 2. The third-order valence-electron chi connectivity index (χ3n) is 2.63. The van der Waals surface area contributed by atoms with Gasteiger partial charge in [-0.1, -0.05) is 12.1 Å². The van der Waals surface area contributed by atoms with Crippen molar-refractivity contribution in [1.29, 1.82) is 0 Å². The smallest absolute Gasteiger partial charge is 0.314 e. The van der Waals surface area contributed by atoms with Gasteiger partial charge in [-0.3, -0.25) is 4.79 Å². The molecule has 5 heteroatoms. The van der Waals surface area contributed by atoms with Crippen LogP contribution in [-0.2, 0) is 10.2 Å². The molecular formula is C11H12BrFO3. The maximum Gasteiger partial charge on any atom is 0.314 e. The number of benzene rings is 1. The van der Waals surface area contributed by atoms with Crippen LogP contribution in [0.2, 0.25) is 0 Å². The third-order valence-corrected chi connectivity index (χ3v) is 3.24. The molecule has 1 aromatic rings. The van der Waals surface area contributed by atoms with Crippen molar-refractivity contribution < 1.29 is 19.4 Å². The lowest BCUT2D eigenvalue weighted by Gasteiger charge is -2.25. The first-order valence-corrected chi connectivity index (χ1v) is 5.51. The van der Waals surface area contributed by atoms with Gasteiger partial charge in [-0.2, -0.15) is 0 Å². The molecular weight excluding hydrogens is 279 g/mol. The van der Waals surface area contributed by atoms with Crippen molar-refractivity contribution in [3.63, 3.8) is 0 Å². The topological polar surface area (TPSA) is 57.5 Å². The molecule has 0 aliphatic rings. The summed E-state index contributed by atoms with van der Waals surface area (Å²) in [7, 11) is 0. The second-order valence-electron chi connectivity index (χ2n) is 3.71. The van der Waals surface area contributed by atoms with Gasteiger partial charge in [0.1, 0.15) is 5.82 Å². The van der Waals surface area contributed by atoms with Gasteiger partial charge in [0.05, 0.1) is 9.89 Å². The van der Waals surface area contributed by atoms with Gasteiger partial charge in [0, 0.05) is 12.2 Å². The zero-order valence-corrected chi connectivity index (χ0v) is 10.3. The minimum Gasteiger partial charge on any atom is -0.481 e. The molecule has 0 fully saturated rings. The van der Waals surface area contributed by atoms with Crippen LogP contribution in [0.15, 0.2) is 22.7 Å². The zero-order valence-electron chi connectivity index (χ0n) is 8.70. The molecule has 1 aromatic carbocycles. The van der Waals surface area contributed by atoms with Crippen LogP contribution in [0.1, 0.15) is 18.9 Å². The van der Waals surface area contributed by atoms with Crippen LogP contribution in [0, 0.1) is 5.82 Å². The number of rotatable bonds is 4. The van der Waals surface area contributed by atoms with Gasteiger partial charge < -0.3 is 10.2 Å². The van der Waals surface area contributed by atoms with E-state index in [1.54, 1.807) is 6.07 Å². The fourth-order valence-corrected chi connectivity index (χ4v) is 1.88. The van der Waals surface area contributed by atoms with Gasteiger partial charge >= 0.3 is 5.97 Å². The van der Waals surface area contributed by atoms with Gasteiger partial charge in [0.15, 0.2) is 0 Å². The van der Waals surface area contributed by atoms with E-state index in [0.717, 1.165) is 0 Å². The number of carboxylic acid groups (broad SMARTS) is 1. The molecule has 0 saturated carbocycles. The summed E-state index contributed by atoms with van der Waals surface area (Å²) in [5.74, 6) is -1.75. The molecule has 1 atom stereocenters. The average molecular weight is 291 g/mol. The number of aliphatic carboxylic acids is 1. The lowest BCUT2D eigenvalue weighted by molar-refractivity contribution is -0.144. The molecule has 1 rings (SSSR count). The van der Waals surface area contributed by atoms with Crippen LogP contribution in [-0.4, -0.2) is 22.8 Å². The molecule has 0 spiro atoms. The molecule has 3 nitrogen and oxygen atoms in total. The summed E-state index contributed by atoms with van der Waals surface area (Å²) in [5.41, 5.74) is -1.34. The molecule has 16 heavy (non-hydrogen) atoms. The number of aliphatic hydroxyl groups is 1. The van der Waals surface area contributed by atoms with E-state index in [1.165, 1.54) is 19.1 Å². The molecule has 0 aliphatic heterocycles. The average Bonchev–Trinajstić information content (AvgIpc) is 2.22. The number of hydrogen-bond donors (Lipinski definition) is 2. The van der Waals surface area contributed by atoms with Crippen molar-refractivity contribution in [2.75, 3.05) is 6.61 Å². The standard InChI is InChI=1S/C11H12BrFO3/c1-11(5-6-14,10(15)16)7-3-2-4-8(12)9(7)13/h2-4,14H,5-6H2,1H3,(H,15,16). The summed E-state index contributed by atoms with van der Waals surface area (Å²) in [6.07, 6.45) is -0.0320. The van der Waals surface area contributed by atoms with E-state index in [2.05, 4.69) is 15.9 Å². The van der Waals surface area contributed by atoms with E-state index in [-0.39, 0.29) is 23.1 Å². The minimum absolute atomic E-state index is 0.0320. The summed E-state index contributed by atoms with van der Waals surface area (Å²) < 4.78 is 14.0. The molecule has 0 saturated heterocycles. The SMILES string of the molecule is CC(CCO)(C(=O)O)c1cccc(Br)c1F. The van der Waals surface area contributed by atoms with Gasteiger partial charge in [0.25, 0.3) is 0 Å². The second-order valence-corrected chi connectivity index (χ2v) is 4.57. The van der Waals surface area contributed by atoms with Gasteiger partial charge in [-0.05, 0) is 35.3 Å². The fraction of sp³-hybridized carbons (Fsp3) is 0.364. The predicted octanol–water partition coefficient (Wildman–Crippen LogP) is 2.31. The van der Waals surface area contributed by atoms with E-state index in [4.69, 9.17) is 10.2 Å². The highest BCUT2D eigenvalue weighted by Gasteiger charge is 2.37. The summed E-state index contributed by atoms with van der Waals surface area (Å²) in [5, 5.41) is 18.0. The number of hydrogen-bond acceptors (Lipinski definition) is 2. The van der Waals surface area contributed by atoms with Crippen LogP contribution in [0.4, 0.5) is 4.39 Å². The van der Waals surface area contributed by atoms with Crippen molar-refractivity contribution in [2.45, 2.75) is 18.8 Å². The minimum atomic E-state index is -1.41. The highest BCUT2D eigenvalue weighted by molar-refractivity contribution is 9.10. The third kappa shape index (κ3) is 2.25. The van der Waals surface area contributed by atoms with Crippen LogP contribution < -0.4 is 0 Å². The van der Waals surface area contributed by atoms with E-state index in [9.17, 15) is 9.18 Å². The number of aliphatic hydroxyl groups excluding tert-OH is 1. The largest absolute Gasteiger partial charge is 0.481 e. The summed E-state index contributed by atoms with van der Waals surface area (Å²) in [6.45, 7) is 1.09. The first-order chi connectivity index (χ1) is 7.43. The molecule has 88 valence electrons. The lowest BCUT2D eigenvalue weighted by atomic mass is 9.79. The van der Waals surface area contributed by atoms with Gasteiger partial charge in [-0.15, -0.1) is 0 Å². The molecule has 2 N–H and O–H groups in total. The van der Waals surface area contributed by atoms with Crippen molar-refractivity contribution in [3.8, 4) is 0 Å². The molecule has 0 aromatic heterocycles. The van der Waals surface area contributed by atoms with Crippen LogP contribution >= 0.6 is 15.9 Å². The maximum absolute atomic E-state index is 13.8. The van der Waals surface area contributed by atoms with Crippen LogP contribution in [0.3, 0.4) is 0 Å². The van der Waals surface area contributed by atoms with Crippen LogP contribution in [0.5, 0.6) is 0 Å². The maximum atomic E-state index is 13.8. The second kappa shape index (κ2) is 4.93. The molecule has 0 heterocycles. The summed E-state index contributed by atoms with van der Waals surface area (Å²) in [4.78, 5) is 11.2. The van der Waals surface area contributed by atoms with Gasteiger partial charge in [0.2, 0.25) is 0 Å². The Bertz CT molecular complexity index is 408. The first kappa shape index (κ1) is 13.1. The Morgan fingerprint density at radius 3 is 2.69 bits per heavy atom. The Balaban J connectivity index is 3.32. The van der Waals surface area contributed by atoms with Crippen molar-refractivity contribution in [2.24, 2.45) is 0 Å². The fourth-order valence-electron chi connectivity index (χ4n) is 1.51. The van der Waals surface area contributed by atoms with E-state index in [1.807, 2.05) is 0 Å². The monoisotopic (exact) mass is 290 g/mol. The lowest BCUT2D eigenvalue weighted by Crippen LogP contribution is -2.34. The normalized spacial score (nSPS) is 14.5. The summed E-state index contributed by atoms with van der Waals surface area (Å²) >= 11 is 3.01. The molecule has 0 bridgehead atoms. The highest BCUT2D eigenvalue weighted by Crippen LogP contribution is 2.32. The molecule has 1 unspecified atom stereocenters. The Hall–Kier alpha value is -0.940. The molecule has 0 radical (unpaired) electrons. The van der Waals surface area contributed by atoms with E-state index < -0.39 is 17.2 Å². The van der Waals surface area contributed by atoms with Gasteiger partial charge in [-0.25, -0.2) is 4.39 Å². The van der Waals surface area contributed by atoms with Crippen molar-refractivity contribution in [3.05, 3.63) is 34.1 Å². The first-order valence-electron chi connectivity index (χ1n) is 4.72. The zero-order chi connectivity index (χ0) is 12.3. The summed E-state index contributed by atoms with van der Waals surface area (Å²) in [6, 6.07) is 4.49. The predicted molar refractivity (Wildman–Crippen MR) is 60.8 cm³/mol. The van der Waals surface area contributed by atoms with Crippen molar-refractivity contribution >= 4 is 21.9 Å². The number of carboxylic acids is 1. The van der Waals surface area contributed by atoms with E-state index >= 15 is 0 Å². The van der Waals surface area contributed by atoms with Crippen LogP contribution in [0.25, 0.3) is 0 Å². The Kier molecular flexibility index (Phi) is 4.04. The Labute approximate surface area is 101 Å². The molecule has 0 aliphatic carbocycles. The number of carbonyl (C=O) groups is 1. The quantitative estimate of drug-likeness (QED) is 0.895. The highest BCUT2D eigenvalue weighted by atomic mass is 79.9. The van der Waals surface area contributed by atoms with E-state index in [0.29, 0.717) is 0 Å². The molecule has 0 amide bonds. The Morgan fingerprint density at radius 2 is 2.19 bits per heavy atom.